The van der Waals surface area contributed by atoms with Crippen LogP contribution in [0.2, 0.25) is 0 Å². The lowest BCUT2D eigenvalue weighted by Crippen LogP contribution is -2.37. The SMILES string of the molecule is O=C(Cn1cnc2ccccc2c1=O)N1CCSC(c2cc(F)ccc2F)CC1. The molecule has 5 nitrogen and oxygen atoms in total. The standard InChI is InChI=1S/C21H19F2N3O2S/c22-14-5-6-17(23)16(11-14)19-7-8-25(9-10-29-19)20(27)12-26-13-24-18-4-2-1-3-15(18)21(26)28/h1-6,11,13,19H,7-10,12H2. The van der Waals surface area contributed by atoms with Gasteiger partial charge in [0.25, 0.3) is 5.56 Å². The lowest BCUT2D eigenvalue weighted by atomic mass is 10.1. The topological polar surface area (TPSA) is 55.2 Å². The Balaban J connectivity index is 1.47. The van der Waals surface area contributed by atoms with Crippen molar-refractivity contribution in [3.8, 4) is 0 Å². The lowest BCUT2D eigenvalue weighted by molar-refractivity contribution is -0.131. The highest BCUT2D eigenvalue weighted by atomic mass is 32.2. The molecule has 1 amide bonds. The Morgan fingerprint density at radius 1 is 1.17 bits per heavy atom. The van der Waals surface area contributed by atoms with Crippen molar-refractivity contribution in [2.75, 3.05) is 18.8 Å². The molecular formula is C21H19F2N3O2S. The molecule has 1 aromatic heterocycles. The minimum atomic E-state index is -0.470. The van der Waals surface area contributed by atoms with E-state index in [9.17, 15) is 18.4 Å². The smallest absolute Gasteiger partial charge is 0.261 e. The van der Waals surface area contributed by atoms with Gasteiger partial charge >= 0.3 is 0 Å². The maximum atomic E-state index is 14.1. The Morgan fingerprint density at radius 2 is 2.00 bits per heavy atom. The zero-order valence-corrected chi connectivity index (χ0v) is 16.4. The summed E-state index contributed by atoms with van der Waals surface area (Å²) < 4.78 is 28.9. The highest BCUT2D eigenvalue weighted by Gasteiger charge is 2.24. The maximum Gasteiger partial charge on any atom is 0.261 e. The van der Waals surface area contributed by atoms with E-state index in [0.29, 0.717) is 41.7 Å². The summed E-state index contributed by atoms with van der Waals surface area (Å²) in [4.78, 5) is 31.3. The number of para-hydroxylation sites is 1. The quantitative estimate of drug-likeness (QED) is 0.658. The molecule has 0 radical (unpaired) electrons. The zero-order valence-electron chi connectivity index (χ0n) is 15.6. The number of nitrogens with zero attached hydrogens (tertiary/aromatic N) is 3. The molecule has 1 aliphatic heterocycles. The van der Waals surface area contributed by atoms with Gasteiger partial charge in [-0.15, -0.1) is 0 Å². The van der Waals surface area contributed by atoms with E-state index in [-0.39, 0.29) is 23.3 Å². The number of aromatic nitrogens is 2. The summed E-state index contributed by atoms with van der Waals surface area (Å²) in [6.45, 7) is 0.815. The van der Waals surface area contributed by atoms with Gasteiger partial charge in [-0.05, 0) is 36.8 Å². The van der Waals surface area contributed by atoms with E-state index in [2.05, 4.69) is 4.98 Å². The van der Waals surface area contributed by atoms with E-state index in [1.807, 2.05) is 0 Å². The van der Waals surface area contributed by atoms with E-state index in [1.165, 1.54) is 28.7 Å². The summed E-state index contributed by atoms with van der Waals surface area (Å²) in [6.07, 6.45) is 1.90. The minimum absolute atomic E-state index is 0.0969. The fraction of sp³-hybridized carbons (Fsp3) is 0.286. The molecule has 150 valence electrons. The molecule has 2 aromatic carbocycles. The molecule has 0 spiro atoms. The third-order valence-corrected chi connectivity index (χ3v) is 6.35. The fourth-order valence-electron chi connectivity index (χ4n) is 3.49. The Kier molecular flexibility index (Phi) is 5.62. The predicted octanol–water partition coefficient (Wildman–Crippen LogP) is 3.38. The van der Waals surface area contributed by atoms with Crippen LogP contribution in [0, 0.1) is 11.6 Å². The number of fused-ring (bicyclic) bond motifs is 1. The summed E-state index contributed by atoms with van der Waals surface area (Å²) in [7, 11) is 0. The number of hydrogen-bond acceptors (Lipinski definition) is 4. The summed E-state index contributed by atoms with van der Waals surface area (Å²) in [5.41, 5.74) is 0.666. The van der Waals surface area contributed by atoms with Gasteiger partial charge in [0.05, 0.1) is 17.2 Å². The zero-order chi connectivity index (χ0) is 20.4. The van der Waals surface area contributed by atoms with Crippen molar-refractivity contribution < 1.29 is 13.6 Å². The molecule has 4 rings (SSSR count). The Hall–Kier alpha value is -2.74. The van der Waals surface area contributed by atoms with E-state index in [0.717, 1.165) is 12.1 Å². The Bertz CT molecular complexity index is 1120. The van der Waals surface area contributed by atoms with Crippen LogP contribution < -0.4 is 5.56 Å². The number of carbonyl (C=O) groups is 1. The van der Waals surface area contributed by atoms with Gasteiger partial charge in [-0.1, -0.05) is 12.1 Å². The van der Waals surface area contributed by atoms with Crippen LogP contribution in [0.3, 0.4) is 0 Å². The molecule has 3 aromatic rings. The van der Waals surface area contributed by atoms with Crippen LogP contribution >= 0.6 is 11.8 Å². The van der Waals surface area contributed by atoms with Crippen LogP contribution in [-0.2, 0) is 11.3 Å². The van der Waals surface area contributed by atoms with Gasteiger partial charge in [0.15, 0.2) is 0 Å². The van der Waals surface area contributed by atoms with E-state index >= 15 is 0 Å². The van der Waals surface area contributed by atoms with Crippen molar-refractivity contribution in [3.05, 3.63) is 76.3 Å². The van der Waals surface area contributed by atoms with Crippen molar-refractivity contribution in [2.24, 2.45) is 0 Å². The third-order valence-electron chi connectivity index (χ3n) is 5.04. The molecule has 29 heavy (non-hydrogen) atoms. The molecule has 1 fully saturated rings. The highest BCUT2D eigenvalue weighted by molar-refractivity contribution is 7.99. The van der Waals surface area contributed by atoms with Crippen LogP contribution in [0.5, 0.6) is 0 Å². The number of rotatable bonds is 3. The lowest BCUT2D eigenvalue weighted by Gasteiger charge is -2.21. The molecule has 2 heterocycles. The van der Waals surface area contributed by atoms with Crippen molar-refractivity contribution in [1.29, 1.82) is 0 Å². The second-order valence-corrected chi connectivity index (χ2v) is 8.20. The average Bonchev–Trinajstić information content (AvgIpc) is 2.98. The first-order chi connectivity index (χ1) is 14.0. The van der Waals surface area contributed by atoms with Crippen LogP contribution in [0.1, 0.15) is 17.2 Å². The van der Waals surface area contributed by atoms with Crippen LogP contribution in [-0.4, -0.2) is 39.2 Å². The highest BCUT2D eigenvalue weighted by Crippen LogP contribution is 2.36. The normalized spacial score (nSPS) is 17.3. The average molecular weight is 415 g/mol. The molecule has 1 unspecified atom stereocenters. The van der Waals surface area contributed by atoms with Gasteiger partial charge in [0.2, 0.25) is 5.91 Å². The van der Waals surface area contributed by atoms with Crippen molar-refractivity contribution in [2.45, 2.75) is 18.2 Å². The van der Waals surface area contributed by atoms with Gasteiger partial charge in [0, 0.05) is 29.7 Å². The van der Waals surface area contributed by atoms with Gasteiger partial charge in [-0.3, -0.25) is 14.2 Å². The Labute approximate surface area is 170 Å². The van der Waals surface area contributed by atoms with Crippen LogP contribution in [0.15, 0.2) is 53.6 Å². The second kappa shape index (κ2) is 8.32. The van der Waals surface area contributed by atoms with Crippen LogP contribution in [0.4, 0.5) is 8.78 Å². The number of thioether (sulfide) groups is 1. The van der Waals surface area contributed by atoms with E-state index in [1.54, 1.807) is 29.2 Å². The van der Waals surface area contributed by atoms with Gasteiger partial charge in [0.1, 0.15) is 18.2 Å². The fourth-order valence-corrected chi connectivity index (χ4v) is 4.74. The molecule has 1 aliphatic rings. The molecule has 0 bridgehead atoms. The van der Waals surface area contributed by atoms with Crippen molar-refractivity contribution >= 4 is 28.6 Å². The van der Waals surface area contributed by atoms with Crippen LogP contribution in [0.25, 0.3) is 10.9 Å². The monoisotopic (exact) mass is 415 g/mol. The second-order valence-electron chi connectivity index (χ2n) is 6.89. The number of amides is 1. The third kappa shape index (κ3) is 4.17. The predicted molar refractivity (Wildman–Crippen MR) is 109 cm³/mol. The number of halogens is 2. The number of carbonyl (C=O) groups excluding carboxylic acids is 1. The molecule has 0 N–H and O–H groups in total. The summed E-state index contributed by atoms with van der Waals surface area (Å²) in [5.74, 6) is -0.484. The largest absolute Gasteiger partial charge is 0.340 e. The summed E-state index contributed by atoms with van der Waals surface area (Å²) >= 11 is 1.51. The first-order valence-electron chi connectivity index (χ1n) is 9.31. The summed E-state index contributed by atoms with van der Waals surface area (Å²) in [5, 5.41) is 0.254. The molecule has 0 saturated carbocycles. The Morgan fingerprint density at radius 3 is 2.86 bits per heavy atom. The first kappa shape index (κ1) is 19.6. The van der Waals surface area contributed by atoms with Gasteiger partial charge in [-0.2, -0.15) is 11.8 Å². The maximum absolute atomic E-state index is 14.1. The molecule has 1 atom stereocenters. The van der Waals surface area contributed by atoms with E-state index in [4.69, 9.17) is 0 Å². The van der Waals surface area contributed by atoms with E-state index < -0.39 is 11.6 Å². The molecular weight excluding hydrogens is 396 g/mol. The minimum Gasteiger partial charge on any atom is -0.340 e. The first-order valence-corrected chi connectivity index (χ1v) is 10.4. The molecule has 8 heteroatoms. The van der Waals surface area contributed by atoms with Crippen molar-refractivity contribution in [3.63, 3.8) is 0 Å². The molecule has 1 saturated heterocycles. The van der Waals surface area contributed by atoms with Gasteiger partial charge < -0.3 is 4.90 Å². The molecule has 0 aliphatic carbocycles. The van der Waals surface area contributed by atoms with Gasteiger partial charge in [-0.25, -0.2) is 13.8 Å². The van der Waals surface area contributed by atoms with Crippen molar-refractivity contribution in [1.82, 2.24) is 14.5 Å². The number of benzene rings is 2. The number of hydrogen-bond donors (Lipinski definition) is 0. The summed E-state index contributed by atoms with van der Waals surface area (Å²) in [6, 6.07) is 10.5.